The standard InChI is InChI=1S/C14H17F2NO3/c1-9(2)14(20)17(6-5-13(18)19)8-10-3-4-11(15)12(16)7-10/h3-4,7,9H,5-6,8H2,1-2H3,(H,18,19). The van der Waals surface area contributed by atoms with Crippen molar-refractivity contribution in [1.82, 2.24) is 4.90 Å². The van der Waals surface area contributed by atoms with Gasteiger partial charge in [-0.05, 0) is 17.7 Å². The zero-order chi connectivity index (χ0) is 15.3. The van der Waals surface area contributed by atoms with Crippen molar-refractivity contribution in [3.63, 3.8) is 0 Å². The van der Waals surface area contributed by atoms with Crippen LogP contribution in [-0.4, -0.2) is 28.4 Å². The van der Waals surface area contributed by atoms with Crippen LogP contribution in [0.2, 0.25) is 0 Å². The van der Waals surface area contributed by atoms with Crippen molar-refractivity contribution in [2.24, 2.45) is 5.92 Å². The number of rotatable bonds is 6. The molecule has 0 heterocycles. The molecule has 0 fully saturated rings. The van der Waals surface area contributed by atoms with Crippen LogP contribution in [0.15, 0.2) is 18.2 Å². The van der Waals surface area contributed by atoms with Gasteiger partial charge in [-0.1, -0.05) is 19.9 Å². The summed E-state index contributed by atoms with van der Waals surface area (Å²) < 4.78 is 26.0. The summed E-state index contributed by atoms with van der Waals surface area (Å²) in [5, 5.41) is 8.68. The number of carbonyl (C=O) groups excluding carboxylic acids is 1. The fraction of sp³-hybridized carbons (Fsp3) is 0.429. The summed E-state index contributed by atoms with van der Waals surface area (Å²) in [5.74, 6) is -3.49. The lowest BCUT2D eigenvalue weighted by Gasteiger charge is -2.24. The van der Waals surface area contributed by atoms with Gasteiger partial charge in [-0.15, -0.1) is 0 Å². The molecule has 110 valence electrons. The minimum atomic E-state index is -1.02. The highest BCUT2D eigenvalue weighted by atomic mass is 19.2. The van der Waals surface area contributed by atoms with Gasteiger partial charge in [0, 0.05) is 19.0 Å². The summed E-state index contributed by atoms with van der Waals surface area (Å²) >= 11 is 0. The molecule has 0 radical (unpaired) electrons. The first-order valence-electron chi connectivity index (χ1n) is 6.25. The minimum Gasteiger partial charge on any atom is -0.481 e. The van der Waals surface area contributed by atoms with Crippen LogP contribution in [0.25, 0.3) is 0 Å². The number of nitrogens with zero attached hydrogens (tertiary/aromatic N) is 1. The average Bonchev–Trinajstić information content (AvgIpc) is 2.37. The Hall–Kier alpha value is -1.98. The van der Waals surface area contributed by atoms with E-state index in [2.05, 4.69) is 0 Å². The second-order valence-corrected chi connectivity index (χ2v) is 4.81. The minimum absolute atomic E-state index is 0.0331. The van der Waals surface area contributed by atoms with Gasteiger partial charge >= 0.3 is 5.97 Å². The lowest BCUT2D eigenvalue weighted by molar-refractivity contribution is -0.139. The van der Waals surface area contributed by atoms with Gasteiger partial charge in [0.25, 0.3) is 0 Å². The van der Waals surface area contributed by atoms with E-state index in [9.17, 15) is 18.4 Å². The lowest BCUT2D eigenvalue weighted by atomic mass is 10.1. The number of benzene rings is 1. The number of carboxylic acids is 1. The number of carboxylic acid groups (broad SMARTS) is 1. The molecule has 1 rings (SSSR count). The third-order valence-electron chi connectivity index (χ3n) is 2.76. The van der Waals surface area contributed by atoms with Crippen molar-refractivity contribution in [2.45, 2.75) is 26.8 Å². The lowest BCUT2D eigenvalue weighted by Crippen LogP contribution is -2.35. The maximum absolute atomic E-state index is 13.1. The fourth-order valence-corrected chi connectivity index (χ4v) is 1.72. The van der Waals surface area contributed by atoms with E-state index in [4.69, 9.17) is 5.11 Å². The van der Waals surface area contributed by atoms with Gasteiger partial charge in [-0.3, -0.25) is 9.59 Å². The van der Waals surface area contributed by atoms with Crippen LogP contribution in [0.4, 0.5) is 8.78 Å². The Morgan fingerprint density at radius 1 is 1.25 bits per heavy atom. The quantitative estimate of drug-likeness (QED) is 0.873. The predicted octanol–water partition coefficient (Wildman–Crippen LogP) is 2.42. The monoisotopic (exact) mass is 285 g/mol. The smallest absolute Gasteiger partial charge is 0.305 e. The van der Waals surface area contributed by atoms with Gasteiger partial charge < -0.3 is 10.0 Å². The zero-order valence-corrected chi connectivity index (χ0v) is 11.4. The van der Waals surface area contributed by atoms with Crippen molar-refractivity contribution in [2.75, 3.05) is 6.54 Å². The third-order valence-corrected chi connectivity index (χ3v) is 2.76. The summed E-state index contributed by atoms with van der Waals surface area (Å²) in [5.41, 5.74) is 0.420. The van der Waals surface area contributed by atoms with E-state index in [1.165, 1.54) is 11.0 Å². The van der Waals surface area contributed by atoms with Gasteiger partial charge in [-0.2, -0.15) is 0 Å². The number of amides is 1. The van der Waals surface area contributed by atoms with Crippen LogP contribution in [0.5, 0.6) is 0 Å². The maximum Gasteiger partial charge on any atom is 0.305 e. The first-order chi connectivity index (χ1) is 9.31. The molecular weight excluding hydrogens is 268 g/mol. The van der Waals surface area contributed by atoms with Gasteiger partial charge in [0.2, 0.25) is 5.91 Å². The van der Waals surface area contributed by atoms with Crippen LogP contribution in [0, 0.1) is 17.6 Å². The van der Waals surface area contributed by atoms with Crippen molar-refractivity contribution in [1.29, 1.82) is 0 Å². The van der Waals surface area contributed by atoms with Crippen molar-refractivity contribution < 1.29 is 23.5 Å². The van der Waals surface area contributed by atoms with E-state index < -0.39 is 17.6 Å². The van der Waals surface area contributed by atoms with E-state index in [1.54, 1.807) is 13.8 Å². The van der Waals surface area contributed by atoms with Gasteiger partial charge in [0.1, 0.15) is 0 Å². The van der Waals surface area contributed by atoms with Crippen LogP contribution >= 0.6 is 0 Å². The predicted molar refractivity (Wildman–Crippen MR) is 68.9 cm³/mol. The molecule has 20 heavy (non-hydrogen) atoms. The summed E-state index contributed by atoms with van der Waals surface area (Å²) in [4.78, 5) is 23.9. The molecule has 1 aromatic carbocycles. The summed E-state index contributed by atoms with van der Waals surface area (Å²) in [6.07, 6.45) is -0.192. The first kappa shape index (κ1) is 16.1. The fourth-order valence-electron chi connectivity index (χ4n) is 1.72. The average molecular weight is 285 g/mol. The molecule has 0 aromatic heterocycles. The highest BCUT2D eigenvalue weighted by Gasteiger charge is 2.18. The normalized spacial score (nSPS) is 10.7. The number of halogens is 2. The number of hydrogen-bond acceptors (Lipinski definition) is 2. The SMILES string of the molecule is CC(C)C(=O)N(CCC(=O)O)Cc1ccc(F)c(F)c1. The Bertz CT molecular complexity index is 503. The molecule has 0 bridgehead atoms. The Balaban J connectivity index is 2.84. The Morgan fingerprint density at radius 2 is 1.90 bits per heavy atom. The molecule has 0 aliphatic rings. The maximum atomic E-state index is 13.1. The van der Waals surface area contributed by atoms with Crippen molar-refractivity contribution >= 4 is 11.9 Å². The van der Waals surface area contributed by atoms with Crippen LogP contribution < -0.4 is 0 Å². The van der Waals surface area contributed by atoms with Crippen LogP contribution in [0.3, 0.4) is 0 Å². The van der Waals surface area contributed by atoms with Crippen LogP contribution in [0.1, 0.15) is 25.8 Å². The highest BCUT2D eigenvalue weighted by Crippen LogP contribution is 2.13. The number of carbonyl (C=O) groups is 2. The molecule has 0 aliphatic heterocycles. The van der Waals surface area contributed by atoms with Crippen molar-refractivity contribution in [3.8, 4) is 0 Å². The molecule has 0 saturated heterocycles. The molecule has 0 aliphatic carbocycles. The largest absolute Gasteiger partial charge is 0.481 e. The summed E-state index contributed by atoms with van der Waals surface area (Å²) in [6.45, 7) is 3.48. The Morgan fingerprint density at radius 3 is 2.40 bits per heavy atom. The summed E-state index contributed by atoms with van der Waals surface area (Å²) in [6, 6.07) is 3.37. The second kappa shape index (κ2) is 6.98. The van der Waals surface area contributed by atoms with Gasteiger partial charge in [0.15, 0.2) is 11.6 Å². The topological polar surface area (TPSA) is 57.6 Å². The number of aliphatic carboxylic acids is 1. The zero-order valence-electron chi connectivity index (χ0n) is 11.4. The molecule has 0 spiro atoms. The molecular formula is C14H17F2NO3. The molecule has 0 atom stereocenters. The molecule has 6 heteroatoms. The number of hydrogen-bond donors (Lipinski definition) is 1. The second-order valence-electron chi connectivity index (χ2n) is 4.81. The molecule has 1 amide bonds. The van der Waals surface area contributed by atoms with E-state index in [0.29, 0.717) is 5.56 Å². The molecule has 0 saturated carbocycles. The van der Waals surface area contributed by atoms with E-state index in [-0.39, 0.29) is 31.3 Å². The first-order valence-corrected chi connectivity index (χ1v) is 6.25. The van der Waals surface area contributed by atoms with E-state index in [0.717, 1.165) is 12.1 Å². The molecule has 4 nitrogen and oxygen atoms in total. The Kier molecular flexibility index (Phi) is 5.61. The highest BCUT2D eigenvalue weighted by molar-refractivity contribution is 5.78. The molecule has 1 aromatic rings. The summed E-state index contributed by atoms with van der Waals surface area (Å²) in [7, 11) is 0. The molecule has 0 unspecified atom stereocenters. The van der Waals surface area contributed by atoms with Crippen LogP contribution in [-0.2, 0) is 16.1 Å². The van der Waals surface area contributed by atoms with E-state index >= 15 is 0 Å². The van der Waals surface area contributed by atoms with Crippen molar-refractivity contribution in [3.05, 3.63) is 35.4 Å². The van der Waals surface area contributed by atoms with Gasteiger partial charge in [0.05, 0.1) is 6.42 Å². The Labute approximate surface area is 116 Å². The van der Waals surface area contributed by atoms with Gasteiger partial charge in [-0.25, -0.2) is 8.78 Å². The third kappa shape index (κ3) is 4.60. The van der Waals surface area contributed by atoms with E-state index in [1.807, 2.05) is 0 Å². The molecule has 1 N–H and O–H groups in total.